The van der Waals surface area contributed by atoms with Crippen LogP contribution in [0.3, 0.4) is 0 Å². The number of imidazole rings is 1. The molecule has 0 spiro atoms. The van der Waals surface area contributed by atoms with E-state index in [0.717, 1.165) is 45.4 Å². The summed E-state index contributed by atoms with van der Waals surface area (Å²) >= 11 is 7.63. The Kier molecular flexibility index (Phi) is 6.11. The lowest BCUT2D eigenvalue weighted by Crippen LogP contribution is -2.11. The Bertz CT molecular complexity index is 1750. The number of carbonyl (C=O) groups is 1. The fourth-order valence-corrected chi connectivity index (χ4v) is 5.17. The van der Waals surface area contributed by atoms with Crippen LogP contribution >= 0.6 is 22.9 Å². The molecule has 6 aromatic heterocycles. The summed E-state index contributed by atoms with van der Waals surface area (Å²) in [7, 11) is 0. The van der Waals surface area contributed by atoms with Crippen molar-refractivity contribution in [1.82, 2.24) is 35.1 Å². The molecule has 0 aliphatic heterocycles. The monoisotopic (exact) mass is 528 g/mol. The van der Waals surface area contributed by atoms with Crippen LogP contribution in [0.5, 0.6) is 0 Å². The molecule has 6 rings (SSSR count). The normalized spacial score (nSPS) is 11.4. The van der Waals surface area contributed by atoms with Crippen molar-refractivity contribution in [3.05, 3.63) is 59.5 Å². The van der Waals surface area contributed by atoms with E-state index in [9.17, 15) is 4.79 Å². The molecule has 37 heavy (non-hydrogen) atoms. The maximum atomic E-state index is 12.2. The van der Waals surface area contributed by atoms with E-state index < -0.39 is 0 Å². The van der Waals surface area contributed by atoms with Crippen molar-refractivity contribution in [2.75, 3.05) is 5.32 Å². The maximum absolute atomic E-state index is 12.2. The number of anilines is 1. The molecule has 0 unspecified atom stereocenters. The van der Waals surface area contributed by atoms with Gasteiger partial charge in [0.25, 0.3) is 0 Å². The maximum Gasteiger partial charge on any atom is 0.224 e. The first kappa shape index (κ1) is 23.3. The molecule has 6 heterocycles. The van der Waals surface area contributed by atoms with Gasteiger partial charge in [-0.3, -0.25) is 19.9 Å². The van der Waals surface area contributed by atoms with Gasteiger partial charge in [0, 0.05) is 34.8 Å². The van der Waals surface area contributed by atoms with Gasteiger partial charge in [0.05, 0.1) is 39.1 Å². The fraction of sp³-hybridized carbons (Fsp3) is 0.154. The Morgan fingerprint density at radius 1 is 1.03 bits per heavy atom. The second-order valence-corrected chi connectivity index (χ2v) is 10.3. The van der Waals surface area contributed by atoms with Crippen LogP contribution in [-0.2, 0) is 4.79 Å². The van der Waals surface area contributed by atoms with Crippen molar-refractivity contribution in [3.63, 3.8) is 0 Å². The number of carbonyl (C=O) groups excluding carboxylic acids is 1. The molecule has 11 heteroatoms. The molecule has 0 saturated heterocycles. The van der Waals surface area contributed by atoms with Gasteiger partial charge in [-0.25, -0.2) is 9.97 Å². The SMILES string of the molecule is CCCCC(=O)Nc1cncc(-c2ccc3[nH]nc(-c4nc5c(-c6ccc(Cl)s6)cncc5[nH]4)c3n2)c1. The minimum atomic E-state index is -0.0232. The molecule has 6 aromatic rings. The van der Waals surface area contributed by atoms with E-state index in [0.29, 0.717) is 39.2 Å². The van der Waals surface area contributed by atoms with Crippen LogP contribution in [0.2, 0.25) is 4.34 Å². The molecule has 0 aromatic carbocycles. The lowest BCUT2D eigenvalue weighted by atomic mass is 10.1. The highest BCUT2D eigenvalue weighted by Crippen LogP contribution is 2.35. The lowest BCUT2D eigenvalue weighted by molar-refractivity contribution is -0.116. The summed E-state index contributed by atoms with van der Waals surface area (Å²) in [6.45, 7) is 2.06. The zero-order valence-corrected chi connectivity index (χ0v) is 21.3. The predicted molar refractivity (Wildman–Crippen MR) is 146 cm³/mol. The summed E-state index contributed by atoms with van der Waals surface area (Å²) < 4.78 is 0.705. The van der Waals surface area contributed by atoms with E-state index in [1.165, 1.54) is 11.3 Å². The quantitative estimate of drug-likeness (QED) is 0.218. The van der Waals surface area contributed by atoms with Crippen LogP contribution in [0, 0.1) is 0 Å². The number of unbranched alkanes of at least 4 members (excludes halogenated alkanes) is 1. The average Bonchev–Trinajstić information content (AvgIpc) is 3.64. The number of nitrogens with zero attached hydrogens (tertiary/aromatic N) is 5. The summed E-state index contributed by atoms with van der Waals surface area (Å²) in [6, 6.07) is 9.51. The first-order valence-corrected chi connectivity index (χ1v) is 13.0. The second-order valence-electron chi connectivity index (χ2n) is 8.55. The Balaban J connectivity index is 1.37. The van der Waals surface area contributed by atoms with E-state index >= 15 is 0 Å². The predicted octanol–water partition coefficient (Wildman–Crippen LogP) is 6.47. The van der Waals surface area contributed by atoms with Crippen molar-refractivity contribution in [2.24, 2.45) is 0 Å². The number of hydrogen-bond donors (Lipinski definition) is 3. The molecule has 0 radical (unpaired) electrons. The molecular weight excluding hydrogens is 508 g/mol. The molecule has 0 fully saturated rings. The zero-order valence-electron chi connectivity index (χ0n) is 19.7. The summed E-state index contributed by atoms with van der Waals surface area (Å²) in [5, 5.41) is 10.5. The number of aromatic nitrogens is 7. The number of pyridine rings is 3. The lowest BCUT2D eigenvalue weighted by Gasteiger charge is -2.07. The van der Waals surface area contributed by atoms with Crippen LogP contribution in [0.15, 0.2) is 55.1 Å². The molecule has 1 amide bonds. The molecule has 9 nitrogen and oxygen atoms in total. The van der Waals surface area contributed by atoms with Crippen molar-refractivity contribution in [2.45, 2.75) is 26.2 Å². The summed E-state index contributed by atoms with van der Waals surface area (Å²) in [4.78, 5) is 34.9. The number of nitrogens with one attached hydrogen (secondary N) is 3. The standard InChI is InChI=1S/C26H21ClN8OS/c1-2-3-4-22(36)30-15-9-14(10-28-11-15)17-5-6-18-24(31-17)25(35-34-18)26-32-19-13-29-12-16(23(19)33-26)20-7-8-21(27)37-20/h5-13H,2-4H2,1H3,(H,30,36)(H,32,33)(H,34,35). The third-order valence-electron chi connectivity index (χ3n) is 5.94. The minimum absolute atomic E-state index is 0.0232. The van der Waals surface area contributed by atoms with Gasteiger partial charge in [0.1, 0.15) is 11.0 Å². The van der Waals surface area contributed by atoms with Gasteiger partial charge in [0.15, 0.2) is 11.5 Å². The molecule has 0 aliphatic rings. The molecule has 0 atom stereocenters. The highest BCUT2D eigenvalue weighted by Gasteiger charge is 2.18. The first-order valence-electron chi connectivity index (χ1n) is 11.8. The van der Waals surface area contributed by atoms with E-state index in [1.807, 2.05) is 30.3 Å². The van der Waals surface area contributed by atoms with Gasteiger partial charge in [-0.2, -0.15) is 5.10 Å². The minimum Gasteiger partial charge on any atom is -0.335 e. The summed E-state index contributed by atoms with van der Waals surface area (Å²) in [5.74, 6) is 0.558. The highest BCUT2D eigenvalue weighted by atomic mass is 35.5. The number of amides is 1. The van der Waals surface area contributed by atoms with Crippen LogP contribution in [0.4, 0.5) is 5.69 Å². The number of rotatable bonds is 7. The Morgan fingerprint density at radius 2 is 1.92 bits per heavy atom. The summed E-state index contributed by atoms with van der Waals surface area (Å²) in [5.41, 5.74) is 6.65. The number of halogens is 1. The smallest absolute Gasteiger partial charge is 0.224 e. The van der Waals surface area contributed by atoms with Gasteiger partial charge in [-0.1, -0.05) is 24.9 Å². The second kappa shape index (κ2) is 9.72. The number of thiophene rings is 1. The topological polar surface area (TPSA) is 125 Å². The third-order valence-corrected chi connectivity index (χ3v) is 7.20. The summed E-state index contributed by atoms with van der Waals surface area (Å²) in [6.07, 6.45) is 9.18. The highest BCUT2D eigenvalue weighted by molar-refractivity contribution is 7.19. The molecular formula is C26H21ClN8OS. The average molecular weight is 529 g/mol. The fourth-order valence-electron chi connectivity index (χ4n) is 4.12. The Morgan fingerprint density at radius 3 is 2.76 bits per heavy atom. The molecule has 0 saturated carbocycles. The van der Waals surface area contributed by atoms with E-state index in [-0.39, 0.29) is 5.91 Å². The van der Waals surface area contributed by atoms with Crippen LogP contribution in [-0.4, -0.2) is 41.0 Å². The van der Waals surface area contributed by atoms with Crippen LogP contribution < -0.4 is 5.32 Å². The van der Waals surface area contributed by atoms with Gasteiger partial charge in [-0.15, -0.1) is 11.3 Å². The van der Waals surface area contributed by atoms with Crippen molar-refractivity contribution in [1.29, 1.82) is 0 Å². The largest absolute Gasteiger partial charge is 0.335 e. The molecule has 0 aliphatic carbocycles. The zero-order chi connectivity index (χ0) is 25.4. The molecule has 0 bridgehead atoms. The van der Waals surface area contributed by atoms with Gasteiger partial charge in [0.2, 0.25) is 5.91 Å². The Hall–Kier alpha value is -4.15. The van der Waals surface area contributed by atoms with Gasteiger partial charge >= 0.3 is 0 Å². The van der Waals surface area contributed by atoms with Crippen molar-refractivity contribution in [3.8, 4) is 33.2 Å². The van der Waals surface area contributed by atoms with Gasteiger partial charge in [-0.05, 0) is 36.8 Å². The third kappa shape index (κ3) is 4.56. The van der Waals surface area contributed by atoms with Crippen molar-refractivity contribution < 1.29 is 4.79 Å². The van der Waals surface area contributed by atoms with E-state index in [2.05, 4.69) is 37.4 Å². The van der Waals surface area contributed by atoms with E-state index in [4.69, 9.17) is 21.6 Å². The number of aromatic amines is 2. The van der Waals surface area contributed by atoms with E-state index in [1.54, 1.807) is 24.8 Å². The molecule has 3 N–H and O–H groups in total. The van der Waals surface area contributed by atoms with Crippen LogP contribution in [0.1, 0.15) is 26.2 Å². The van der Waals surface area contributed by atoms with Crippen LogP contribution in [0.25, 0.3) is 55.3 Å². The first-order chi connectivity index (χ1) is 18.1. The van der Waals surface area contributed by atoms with Gasteiger partial charge < -0.3 is 10.3 Å². The molecule has 184 valence electrons. The van der Waals surface area contributed by atoms with Crippen molar-refractivity contribution >= 4 is 56.6 Å². The number of H-pyrrole nitrogens is 2. The number of fused-ring (bicyclic) bond motifs is 2. The number of hydrogen-bond acceptors (Lipinski definition) is 7. The Labute approximate surface area is 220 Å².